The first-order chi connectivity index (χ1) is 17.2. The molecule has 4 aromatic heterocycles. The van der Waals surface area contributed by atoms with Gasteiger partial charge in [0.1, 0.15) is 10.9 Å². The fourth-order valence-corrected chi connectivity index (χ4v) is 5.34. The van der Waals surface area contributed by atoms with Crippen molar-refractivity contribution in [3.05, 3.63) is 52.8 Å². The molecular weight excluding hydrogens is 500 g/mol. The van der Waals surface area contributed by atoms with Crippen molar-refractivity contribution in [2.24, 2.45) is 0 Å². The number of carbonyl (C=O) groups excluding carboxylic acids is 1. The molecule has 0 saturated carbocycles. The lowest BCUT2D eigenvalue weighted by Crippen LogP contribution is -2.33. The van der Waals surface area contributed by atoms with Gasteiger partial charge >= 0.3 is 0 Å². The molecule has 0 bridgehead atoms. The summed E-state index contributed by atoms with van der Waals surface area (Å²) >= 11 is 7.43. The minimum atomic E-state index is -0.363. The highest BCUT2D eigenvalue weighted by molar-refractivity contribution is 7.21. The molecule has 1 saturated heterocycles. The van der Waals surface area contributed by atoms with Gasteiger partial charge in [-0.15, -0.1) is 0 Å². The maximum Gasteiger partial charge on any atom is 0.259 e. The third kappa shape index (κ3) is 5.02. The average Bonchev–Trinajstić information content (AvgIpc) is 3.24. The van der Waals surface area contributed by atoms with Crippen LogP contribution in [0.5, 0.6) is 5.75 Å². The summed E-state index contributed by atoms with van der Waals surface area (Å²) in [5.74, 6) is 0.406. The molecule has 1 atom stereocenters. The number of hydrogen-bond acceptors (Lipinski definition) is 9. The first kappa shape index (κ1) is 24.5. The number of fused-ring (bicyclic) bond motifs is 1. The Morgan fingerprint density at radius 2 is 2.00 bits per heavy atom. The molecule has 0 radical (unpaired) electrons. The molecule has 36 heavy (non-hydrogen) atoms. The molecule has 1 aliphatic rings. The molecule has 1 fully saturated rings. The number of aromatic nitrogens is 5. The van der Waals surface area contributed by atoms with Crippen LogP contribution in [0.3, 0.4) is 0 Å². The zero-order valence-electron chi connectivity index (χ0n) is 20.3. The van der Waals surface area contributed by atoms with E-state index in [4.69, 9.17) is 26.1 Å². The summed E-state index contributed by atoms with van der Waals surface area (Å²) in [7, 11) is 1.54. The molecular formula is C25H25ClN6O3S. The van der Waals surface area contributed by atoms with E-state index in [2.05, 4.69) is 39.1 Å². The van der Waals surface area contributed by atoms with Crippen LogP contribution in [-0.4, -0.2) is 50.1 Å². The summed E-state index contributed by atoms with van der Waals surface area (Å²) in [6, 6.07) is 3.47. The molecule has 9 nitrogen and oxygen atoms in total. The van der Waals surface area contributed by atoms with Crippen LogP contribution in [0.15, 0.2) is 30.7 Å². The average molecular weight is 525 g/mol. The van der Waals surface area contributed by atoms with Crippen molar-refractivity contribution in [3.8, 4) is 16.9 Å². The zero-order valence-corrected chi connectivity index (χ0v) is 21.9. The number of anilines is 1. The van der Waals surface area contributed by atoms with E-state index in [1.165, 1.54) is 23.7 Å². The number of pyridine rings is 2. The molecule has 186 valence electrons. The molecule has 5 heterocycles. The van der Waals surface area contributed by atoms with E-state index in [1.54, 1.807) is 19.4 Å². The van der Waals surface area contributed by atoms with Crippen molar-refractivity contribution in [2.75, 3.05) is 19.0 Å². The van der Waals surface area contributed by atoms with E-state index in [9.17, 15) is 4.79 Å². The van der Waals surface area contributed by atoms with Gasteiger partial charge in [-0.1, -0.05) is 22.9 Å². The molecule has 1 amide bonds. The molecule has 11 heteroatoms. The van der Waals surface area contributed by atoms with Gasteiger partial charge in [0.15, 0.2) is 15.6 Å². The predicted molar refractivity (Wildman–Crippen MR) is 139 cm³/mol. The maximum atomic E-state index is 13.3. The Bertz CT molecular complexity index is 1460. The van der Waals surface area contributed by atoms with Crippen molar-refractivity contribution in [3.63, 3.8) is 0 Å². The van der Waals surface area contributed by atoms with Gasteiger partial charge < -0.3 is 9.47 Å². The molecule has 0 spiro atoms. The zero-order chi connectivity index (χ0) is 25.4. The lowest BCUT2D eigenvalue weighted by atomic mass is 9.86. The number of nitrogens with zero attached hydrogens (tertiary/aromatic N) is 5. The highest BCUT2D eigenvalue weighted by atomic mass is 35.5. The van der Waals surface area contributed by atoms with Gasteiger partial charge in [0.2, 0.25) is 0 Å². The first-order valence-electron chi connectivity index (χ1n) is 11.5. The van der Waals surface area contributed by atoms with E-state index in [-0.39, 0.29) is 17.4 Å². The maximum absolute atomic E-state index is 13.3. The smallest absolute Gasteiger partial charge is 0.259 e. The van der Waals surface area contributed by atoms with Gasteiger partial charge in [0, 0.05) is 35.5 Å². The molecule has 1 unspecified atom stereocenters. The van der Waals surface area contributed by atoms with Crippen LogP contribution in [0.2, 0.25) is 5.15 Å². The van der Waals surface area contributed by atoms with Crippen LogP contribution in [0.4, 0.5) is 5.13 Å². The number of hydrogen-bond donors (Lipinski definition) is 1. The molecule has 0 aromatic carbocycles. The summed E-state index contributed by atoms with van der Waals surface area (Å²) in [6.45, 7) is 6.73. The van der Waals surface area contributed by atoms with E-state index in [0.717, 1.165) is 24.2 Å². The summed E-state index contributed by atoms with van der Waals surface area (Å²) < 4.78 is 11.3. The van der Waals surface area contributed by atoms with E-state index < -0.39 is 0 Å². The normalized spacial score (nSPS) is 17.2. The number of halogens is 1. The number of amides is 1. The SMILES string of the molecule is COc1cnc(Cl)cc1-c1cc(C)ncc1C(=O)Nc1nc2ncc(C3CCOC(C)(C)C3)nc2s1. The summed E-state index contributed by atoms with van der Waals surface area (Å²) in [6.07, 6.45) is 6.61. The Balaban J connectivity index is 1.44. The Morgan fingerprint density at radius 3 is 2.78 bits per heavy atom. The number of rotatable bonds is 5. The van der Waals surface area contributed by atoms with Crippen LogP contribution >= 0.6 is 22.9 Å². The Morgan fingerprint density at radius 1 is 1.17 bits per heavy atom. The second-order valence-electron chi connectivity index (χ2n) is 9.27. The lowest BCUT2D eigenvalue weighted by molar-refractivity contribution is -0.0597. The summed E-state index contributed by atoms with van der Waals surface area (Å²) in [5.41, 5.74) is 3.60. The predicted octanol–water partition coefficient (Wildman–Crippen LogP) is 5.44. The van der Waals surface area contributed by atoms with Crippen molar-refractivity contribution >= 4 is 44.5 Å². The standard InChI is InChI=1S/C25H25ClN6O3S/c1-13-7-15(16-8-20(26)28-12-19(16)34-4)17(10-27-13)22(33)32-24-31-21-23(36-24)30-18(11-29-21)14-5-6-35-25(2,3)9-14/h7-8,10-12,14H,5-6,9H2,1-4H3,(H,29,31,32,33). The molecule has 1 N–H and O–H groups in total. The Labute approximate surface area is 217 Å². The molecule has 1 aliphatic heterocycles. The number of aryl methyl sites for hydroxylation is 1. The van der Waals surface area contributed by atoms with Gasteiger partial charge in [0.25, 0.3) is 5.91 Å². The number of carbonyl (C=O) groups is 1. The van der Waals surface area contributed by atoms with Crippen LogP contribution in [0.25, 0.3) is 21.6 Å². The van der Waals surface area contributed by atoms with Gasteiger partial charge in [-0.2, -0.15) is 4.98 Å². The molecule has 0 aliphatic carbocycles. The largest absolute Gasteiger partial charge is 0.494 e. The van der Waals surface area contributed by atoms with Crippen molar-refractivity contribution in [2.45, 2.75) is 45.1 Å². The van der Waals surface area contributed by atoms with Crippen LogP contribution in [0, 0.1) is 6.92 Å². The second-order valence-corrected chi connectivity index (χ2v) is 10.6. The summed E-state index contributed by atoms with van der Waals surface area (Å²) in [4.78, 5) is 36.2. The number of ether oxygens (including phenoxy) is 2. The van der Waals surface area contributed by atoms with Crippen LogP contribution in [0.1, 0.15) is 54.4 Å². The fraction of sp³-hybridized carbons (Fsp3) is 0.360. The first-order valence-corrected chi connectivity index (χ1v) is 12.7. The van der Waals surface area contributed by atoms with Gasteiger partial charge in [-0.25, -0.2) is 15.0 Å². The lowest BCUT2D eigenvalue weighted by Gasteiger charge is -2.35. The Hall–Kier alpha value is -3.21. The van der Waals surface area contributed by atoms with Crippen LogP contribution < -0.4 is 10.1 Å². The van der Waals surface area contributed by atoms with E-state index in [1.807, 2.05) is 13.0 Å². The van der Waals surface area contributed by atoms with Crippen molar-refractivity contribution in [1.29, 1.82) is 0 Å². The molecule has 5 rings (SSSR count). The quantitative estimate of drug-likeness (QED) is 0.343. The minimum absolute atomic E-state index is 0.187. The number of nitrogens with one attached hydrogen (secondary N) is 1. The highest BCUT2D eigenvalue weighted by Gasteiger charge is 2.31. The van der Waals surface area contributed by atoms with E-state index >= 15 is 0 Å². The summed E-state index contributed by atoms with van der Waals surface area (Å²) in [5, 5.41) is 3.58. The molecule has 4 aromatic rings. The number of thiazole rings is 1. The topological polar surface area (TPSA) is 112 Å². The highest BCUT2D eigenvalue weighted by Crippen LogP contribution is 2.37. The van der Waals surface area contributed by atoms with Gasteiger partial charge in [-0.05, 0) is 45.7 Å². The monoisotopic (exact) mass is 524 g/mol. The Kier molecular flexibility index (Phi) is 6.59. The van der Waals surface area contributed by atoms with Crippen molar-refractivity contribution < 1.29 is 14.3 Å². The van der Waals surface area contributed by atoms with Gasteiger partial charge in [-0.3, -0.25) is 15.1 Å². The minimum Gasteiger partial charge on any atom is -0.494 e. The second kappa shape index (κ2) is 9.68. The number of methoxy groups -OCH3 is 1. The van der Waals surface area contributed by atoms with Crippen molar-refractivity contribution in [1.82, 2.24) is 24.9 Å². The van der Waals surface area contributed by atoms with Crippen LogP contribution in [-0.2, 0) is 4.74 Å². The third-order valence-corrected chi connectivity index (χ3v) is 7.17. The van der Waals surface area contributed by atoms with Gasteiger partial charge in [0.05, 0.1) is 36.4 Å². The fourth-order valence-electron chi connectivity index (χ4n) is 4.39. The third-order valence-electron chi connectivity index (χ3n) is 6.11. The van der Waals surface area contributed by atoms with E-state index in [0.29, 0.717) is 49.8 Å².